The molecule has 0 heterocycles. The van der Waals surface area contributed by atoms with E-state index in [1.165, 1.54) is 0 Å². The Hall–Kier alpha value is -1.72. The molecule has 0 aliphatic rings. The summed E-state index contributed by atoms with van der Waals surface area (Å²) >= 11 is 0. The molecule has 0 amide bonds. The van der Waals surface area contributed by atoms with E-state index in [1.807, 2.05) is 44.9 Å². The van der Waals surface area contributed by atoms with E-state index in [4.69, 9.17) is 4.74 Å². The Labute approximate surface area is 129 Å². The molecule has 6 heteroatoms. The van der Waals surface area contributed by atoms with Gasteiger partial charge in [0.15, 0.2) is 0 Å². The molecule has 0 bridgehead atoms. The molecule has 0 saturated heterocycles. The zero-order valence-corrected chi connectivity index (χ0v) is 13.5. The molecule has 0 aliphatic carbocycles. The van der Waals surface area contributed by atoms with Gasteiger partial charge in [0.25, 0.3) is 0 Å². The standard InChI is InChI=1S/C16H23F3N2O/c1-5-21(4)11-20-14-9-13(3)15(10-12(14)2)22-8-6-7-16(17,18)19/h9-11H,5-8H2,1-4H3. The third-order valence-corrected chi connectivity index (χ3v) is 3.25. The Balaban J connectivity index is 2.67. The molecule has 22 heavy (non-hydrogen) atoms. The lowest BCUT2D eigenvalue weighted by atomic mass is 10.1. The molecule has 3 nitrogen and oxygen atoms in total. The van der Waals surface area contributed by atoms with E-state index in [1.54, 1.807) is 6.34 Å². The SMILES string of the molecule is CCN(C)C=Nc1cc(C)c(OCCCC(F)(F)F)cc1C. The molecular formula is C16H23F3N2O. The maximum Gasteiger partial charge on any atom is 0.389 e. The van der Waals surface area contributed by atoms with Crippen LogP contribution in [-0.2, 0) is 0 Å². The van der Waals surface area contributed by atoms with Crippen LogP contribution in [0.25, 0.3) is 0 Å². The fourth-order valence-electron chi connectivity index (χ4n) is 1.77. The normalized spacial score (nSPS) is 12.0. The topological polar surface area (TPSA) is 24.8 Å². The van der Waals surface area contributed by atoms with Crippen molar-refractivity contribution in [3.05, 3.63) is 23.3 Å². The number of halogens is 3. The van der Waals surface area contributed by atoms with E-state index in [9.17, 15) is 13.2 Å². The van der Waals surface area contributed by atoms with E-state index in [0.29, 0.717) is 5.75 Å². The first kappa shape index (κ1) is 18.3. The van der Waals surface area contributed by atoms with E-state index in [-0.39, 0.29) is 13.0 Å². The Morgan fingerprint density at radius 1 is 1.23 bits per heavy atom. The molecule has 0 spiro atoms. The van der Waals surface area contributed by atoms with Crippen molar-refractivity contribution in [2.45, 2.75) is 39.8 Å². The summed E-state index contributed by atoms with van der Waals surface area (Å²) in [5.41, 5.74) is 2.63. The number of alkyl halides is 3. The molecule has 1 rings (SSSR count). The largest absolute Gasteiger partial charge is 0.493 e. The number of benzene rings is 1. The molecule has 0 N–H and O–H groups in total. The van der Waals surface area contributed by atoms with E-state index < -0.39 is 12.6 Å². The van der Waals surface area contributed by atoms with Crippen LogP contribution >= 0.6 is 0 Å². The number of ether oxygens (including phenoxy) is 1. The summed E-state index contributed by atoms with van der Waals surface area (Å²) in [6.07, 6.45) is -3.23. The van der Waals surface area contributed by atoms with Crippen LogP contribution in [0.2, 0.25) is 0 Å². The molecule has 0 fully saturated rings. The van der Waals surface area contributed by atoms with E-state index in [2.05, 4.69) is 4.99 Å². The van der Waals surface area contributed by atoms with Crippen LogP contribution in [0.5, 0.6) is 5.75 Å². The highest BCUT2D eigenvalue weighted by Crippen LogP contribution is 2.28. The maximum absolute atomic E-state index is 12.1. The van der Waals surface area contributed by atoms with Gasteiger partial charge in [-0.25, -0.2) is 4.99 Å². The number of hydrogen-bond acceptors (Lipinski definition) is 2. The second-order valence-corrected chi connectivity index (χ2v) is 5.29. The molecule has 0 aliphatic heterocycles. The fourth-order valence-corrected chi connectivity index (χ4v) is 1.77. The van der Waals surface area contributed by atoms with Crippen molar-refractivity contribution in [3.63, 3.8) is 0 Å². The van der Waals surface area contributed by atoms with Crippen LogP contribution in [0.4, 0.5) is 18.9 Å². The molecule has 0 radical (unpaired) electrons. The Kier molecular flexibility index (Phi) is 6.71. The zero-order valence-electron chi connectivity index (χ0n) is 13.5. The molecule has 0 unspecified atom stereocenters. The van der Waals surface area contributed by atoms with Gasteiger partial charge in [0.05, 0.1) is 18.6 Å². The van der Waals surface area contributed by atoms with Crippen LogP contribution in [0.1, 0.15) is 30.9 Å². The van der Waals surface area contributed by atoms with Gasteiger partial charge >= 0.3 is 6.18 Å². The highest BCUT2D eigenvalue weighted by molar-refractivity contribution is 5.64. The first-order valence-electron chi connectivity index (χ1n) is 7.28. The van der Waals surface area contributed by atoms with Crippen molar-refractivity contribution in [3.8, 4) is 5.75 Å². The first-order valence-corrected chi connectivity index (χ1v) is 7.28. The molecule has 0 aromatic heterocycles. The van der Waals surface area contributed by atoms with Crippen molar-refractivity contribution in [2.75, 3.05) is 20.2 Å². The highest BCUT2D eigenvalue weighted by Gasteiger charge is 2.26. The van der Waals surface area contributed by atoms with E-state index >= 15 is 0 Å². The Bertz CT molecular complexity index is 513. The summed E-state index contributed by atoms with van der Waals surface area (Å²) in [5.74, 6) is 0.613. The first-order chi connectivity index (χ1) is 10.2. The second kappa shape index (κ2) is 8.06. The van der Waals surface area contributed by atoms with Gasteiger partial charge < -0.3 is 9.64 Å². The summed E-state index contributed by atoms with van der Waals surface area (Å²) in [4.78, 5) is 6.36. The lowest BCUT2D eigenvalue weighted by Gasteiger charge is -2.13. The smallest absolute Gasteiger partial charge is 0.389 e. The van der Waals surface area contributed by atoms with Crippen molar-refractivity contribution >= 4 is 12.0 Å². The predicted octanol–water partition coefficient (Wildman–Crippen LogP) is 4.64. The minimum absolute atomic E-state index is 0.0385. The molecular weight excluding hydrogens is 293 g/mol. The predicted molar refractivity (Wildman–Crippen MR) is 83.2 cm³/mol. The average Bonchev–Trinajstić information content (AvgIpc) is 2.43. The van der Waals surface area contributed by atoms with Crippen molar-refractivity contribution in [1.29, 1.82) is 0 Å². The number of aliphatic imine (C=N–C) groups is 1. The van der Waals surface area contributed by atoms with Crippen LogP contribution in [-0.4, -0.2) is 37.6 Å². The lowest BCUT2D eigenvalue weighted by molar-refractivity contribution is -0.136. The van der Waals surface area contributed by atoms with Crippen LogP contribution < -0.4 is 4.74 Å². The van der Waals surface area contributed by atoms with Crippen LogP contribution in [0.15, 0.2) is 17.1 Å². The third-order valence-electron chi connectivity index (χ3n) is 3.25. The van der Waals surface area contributed by atoms with Gasteiger partial charge in [-0.2, -0.15) is 13.2 Å². The summed E-state index contributed by atoms with van der Waals surface area (Å²) in [6, 6.07) is 3.70. The van der Waals surface area contributed by atoms with Gasteiger partial charge in [0.1, 0.15) is 5.75 Å². The Morgan fingerprint density at radius 3 is 2.50 bits per heavy atom. The van der Waals surface area contributed by atoms with Gasteiger partial charge in [-0.1, -0.05) is 0 Å². The van der Waals surface area contributed by atoms with Gasteiger partial charge in [-0.05, 0) is 50.5 Å². The van der Waals surface area contributed by atoms with E-state index in [0.717, 1.165) is 23.4 Å². The molecule has 1 aromatic rings. The lowest BCUT2D eigenvalue weighted by Crippen LogP contribution is -2.14. The molecule has 1 aromatic carbocycles. The molecule has 0 atom stereocenters. The highest BCUT2D eigenvalue weighted by atomic mass is 19.4. The monoisotopic (exact) mass is 316 g/mol. The van der Waals surface area contributed by atoms with Gasteiger partial charge in [0.2, 0.25) is 0 Å². The third kappa shape index (κ3) is 6.37. The number of rotatable bonds is 7. The van der Waals surface area contributed by atoms with Gasteiger partial charge in [0, 0.05) is 20.0 Å². The average molecular weight is 316 g/mol. The van der Waals surface area contributed by atoms with Crippen molar-refractivity contribution < 1.29 is 17.9 Å². The van der Waals surface area contributed by atoms with Crippen LogP contribution in [0.3, 0.4) is 0 Å². The number of nitrogens with zero attached hydrogens (tertiary/aromatic N) is 2. The van der Waals surface area contributed by atoms with Crippen molar-refractivity contribution in [1.82, 2.24) is 4.90 Å². The van der Waals surface area contributed by atoms with Crippen LogP contribution in [0, 0.1) is 13.8 Å². The van der Waals surface area contributed by atoms with Gasteiger partial charge in [-0.15, -0.1) is 0 Å². The Morgan fingerprint density at radius 2 is 1.91 bits per heavy atom. The quantitative estimate of drug-likeness (QED) is 0.416. The molecule has 124 valence electrons. The number of hydrogen-bond donors (Lipinski definition) is 0. The summed E-state index contributed by atoms with van der Waals surface area (Å²) in [7, 11) is 1.93. The summed E-state index contributed by atoms with van der Waals surface area (Å²) < 4.78 is 41.7. The number of aryl methyl sites for hydroxylation is 2. The maximum atomic E-state index is 12.1. The fraction of sp³-hybridized carbons (Fsp3) is 0.562. The zero-order chi connectivity index (χ0) is 16.8. The second-order valence-electron chi connectivity index (χ2n) is 5.29. The summed E-state index contributed by atoms with van der Waals surface area (Å²) in [5, 5.41) is 0. The minimum Gasteiger partial charge on any atom is -0.493 e. The minimum atomic E-state index is -4.13. The van der Waals surface area contributed by atoms with Crippen molar-refractivity contribution in [2.24, 2.45) is 4.99 Å². The van der Waals surface area contributed by atoms with Gasteiger partial charge in [-0.3, -0.25) is 0 Å². The molecule has 0 saturated carbocycles. The summed E-state index contributed by atoms with van der Waals surface area (Å²) in [6.45, 7) is 6.71.